The van der Waals surface area contributed by atoms with Gasteiger partial charge in [0.2, 0.25) is 0 Å². The van der Waals surface area contributed by atoms with Crippen LogP contribution in [-0.4, -0.2) is 43.3 Å². The second-order valence-electron chi connectivity index (χ2n) is 9.61. The highest BCUT2D eigenvalue weighted by atomic mass is 16.4. The molecule has 0 aromatic heterocycles. The number of aliphatic imine (C=N–C) groups is 1. The Morgan fingerprint density at radius 2 is 2.04 bits per heavy atom. The van der Waals surface area contributed by atoms with Gasteiger partial charge in [-0.15, -0.1) is 0 Å². The maximum Gasteiger partial charge on any atom is 0.293 e. The number of likely N-dealkylation sites (tertiary alicyclic amines) is 1. The minimum absolute atomic E-state index is 0.0450. The van der Waals surface area contributed by atoms with Gasteiger partial charge < -0.3 is 20.7 Å². The smallest absolute Gasteiger partial charge is 0.293 e. The standard InChI is InChI=1S/C21H31N3O3/c1-23-19(22)24-9-3-8-20(11-24)13-7-6-12-4-2-5-14-17(25)16(18(26)27)15(10-13)21(12,14)20/h12-14,17,25H,2-11H2,1H3,(H2,22,23)(H,26,27). The SMILES string of the molecule is CN=C(N)[NH+]1CCCC2(C1)C1CCC3CCCC4C(O)C(C(=O)[O-])=C(C1)C342. The van der Waals surface area contributed by atoms with Gasteiger partial charge in [0.1, 0.15) is 0 Å². The Morgan fingerprint density at radius 1 is 1.26 bits per heavy atom. The predicted molar refractivity (Wildman–Crippen MR) is 98.6 cm³/mol. The van der Waals surface area contributed by atoms with Gasteiger partial charge in [0.05, 0.1) is 25.2 Å². The zero-order valence-electron chi connectivity index (χ0n) is 16.2. The number of hydrogen-bond acceptors (Lipinski definition) is 4. The highest BCUT2D eigenvalue weighted by Crippen LogP contribution is 2.78. The van der Waals surface area contributed by atoms with Crippen molar-refractivity contribution in [2.45, 2.75) is 57.5 Å². The van der Waals surface area contributed by atoms with Crippen molar-refractivity contribution >= 4 is 11.9 Å². The average Bonchev–Trinajstić information content (AvgIpc) is 2.97. The summed E-state index contributed by atoms with van der Waals surface area (Å²) >= 11 is 0. The number of quaternary nitrogens is 1. The van der Waals surface area contributed by atoms with E-state index in [1.807, 2.05) is 0 Å². The Bertz CT molecular complexity index is 747. The van der Waals surface area contributed by atoms with Crippen molar-refractivity contribution in [2.24, 2.45) is 39.3 Å². The molecule has 4 fully saturated rings. The van der Waals surface area contributed by atoms with Gasteiger partial charge in [0.25, 0.3) is 5.96 Å². The minimum atomic E-state index is -1.14. The molecule has 0 aromatic carbocycles. The summed E-state index contributed by atoms with van der Waals surface area (Å²) < 4.78 is 0. The number of aliphatic hydroxyl groups is 1. The monoisotopic (exact) mass is 373 g/mol. The molecular formula is C21H31N3O3. The van der Waals surface area contributed by atoms with Gasteiger partial charge in [-0.1, -0.05) is 12.0 Å². The third kappa shape index (κ3) is 1.93. The number of nitrogens with two attached hydrogens (primary N) is 1. The van der Waals surface area contributed by atoms with Crippen LogP contribution in [0.1, 0.15) is 51.4 Å². The van der Waals surface area contributed by atoms with E-state index in [-0.39, 0.29) is 22.3 Å². The van der Waals surface area contributed by atoms with Crippen molar-refractivity contribution in [3.05, 3.63) is 11.1 Å². The molecule has 6 heteroatoms. The zero-order chi connectivity index (χ0) is 19.0. The van der Waals surface area contributed by atoms with Gasteiger partial charge in [-0.2, -0.15) is 0 Å². The Labute approximate surface area is 160 Å². The highest BCUT2D eigenvalue weighted by molar-refractivity contribution is 5.89. The van der Waals surface area contributed by atoms with Crippen molar-refractivity contribution in [1.29, 1.82) is 0 Å². The molecule has 1 aliphatic heterocycles. The molecule has 3 saturated carbocycles. The third-order valence-electron chi connectivity index (χ3n) is 9.17. The van der Waals surface area contributed by atoms with Gasteiger partial charge in [-0.25, -0.2) is 4.99 Å². The lowest BCUT2D eigenvalue weighted by atomic mass is 9.43. The van der Waals surface area contributed by atoms with Gasteiger partial charge in [0.15, 0.2) is 0 Å². The van der Waals surface area contributed by atoms with Gasteiger partial charge in [-0.05, 0) is 62.7 Å². The van der Waals surface area contributed by atoms with Crippen LogP contribution in [0.2, 0.25) is 0 Å². The number of nitrogens with one attached hydrogen (secondary N) is 1. The fourth-order valence-electron chi connectivity index (χ4n) is 8.61. The molecule has 2 bridgehead atoms. The molecular weight excluding hydrogens is 342 g/mol. The molecule has 6 nitrogen and oxygen atoms in total. The van der Waals surface area contributed by atoms with Gasteiger partial charge >= 0.3 is 0 Å². The van der Waals surface area contributed by atoms with Crippen LogP contribution in [0.15, 0.2) is 16.1 Å². The fourth-order valence-corrected chi connectivity index (χ4v) is 8.61. The van der Waals surface area contributed by atoms with Gasteiger partial charge in [-0.3, -0.25) is 4.90 Å². The summed E-state index contributed by atoms with van der Waals surface area (Å²) in [6.07, 6.45) is 7.73. The van der Waals surface area contributed by atoms with Crippen LogP contribution in [0.4, 0.5) is 0 Å². The Balaban J connectivity index is 1.71. The van der Waals surface area contributed by atoms with Crippen molar-refractivity contribution in [2.75, 3.05) is 20.1 Å². The molecule has 27 heavy (non-hydrogen) atoms. The molecule has 4 aliphatic carbocycles. The molecule has 1 heterocycles. The predicted octanol–water partition coefficient (Wildman–Crippen LogP) is -0.767. The lowest BCUT2D eigenvalue weighted by Crippen LogP contribution is -3.18. The van der Waals surface area contributed by atoms with E-state index >= 15 is 0 Å². The molecule has 7 atom stereocenters. The normalized spacial score (nSPS) is 48.8. The Morgan fingerprint density at radius 3 is 2.78 bits per heavy atom. The third-order valence-corrected chi connectivity index (χ3v) is 9.17. The molecule has 1 saturated heterocycles. The van der Waals surface area contributed by atoms with Crippen molar-refractivity contribution in [3.8, 4) is 0 Å². The van der Waals surface area contributed by atoms with Crippen molar-refractivity contribution in [3.63, 3.8) is 0 Å². The second kappa shape index (κ2) is 5.80. The minimum Gasteiger partial charge on any atom is -0.545 e. The summed E-state index contributed by atoms with van der Waals surface area (Å²) in [5.41, 5.74) is 7.47. The summed E-state index contributed by atoms with van der Waals surface area (Å²) in [6.45, 7) is 1.93. The van der Waals surface area contributed by atoms with Crippen molar-refractivity contribution < 1.29 is 19.9 Å². The van der Waals surface area contributed by atoms with Crippen LogP contribution in [-0.2, 0) is 4.79 Å². The molecule has 7 unspecified atom stereocenters. The van der Waals surface area contributed by atoms with Crippen LogP contribution in [0.5, 0.6) is 0 Å². The summed E-state index contributed by atoms with van der Waals surface area (Å²) in [5.74, 6) is 0.576. The number of aliphatic carboxylic acids is 1. The van der Waals surface area contributed by atoms with E-state index < -0.39 is 12.1 Å². The lowest BCUT2D eigenvalue weighted by molar-refractivity contribution is -0.826. The second-order valence-corrected chi connectivity index (χ2v) is 9.61. The maximum atomic E-state index is 12.0. The van der Waals surface area contributed by atoms with Crippen LogP contribution in [0, 0.1) is 28.6 Å². The number of rotatable bonds is 1. The zero-order valence-corrected chi connectivity index (χ0v) is 16.2. The number of carbonyl (C=O) groups is 1. The average molecular weight is 373 g/mol. The number of carboxylic acids is 1. The number of carbonyl (C=O) groups excluding carboxylic acids is 1. The fraction of sp³-hybridized carbons (Fsp3) is 0.810. The first kappa shape index (κ1) is 17.7. The van der Waals surface area contributed by atoms with Crippen molar-refractivity contribution in [1.82, 2.24) is 0 Å². The first-order valence-corrected chi connectivity index (χ1v) is 10.7. The Hall–Kier alpha value is -1.40. The van der Waals surface area contributed by atoms with Crippen LogP contribution in [0.25, 0.3) is 0 Å². The summed E-state index contributed by atoms with van der Waals surface area (Å²) in [7, 11) is 1.75. The summed E-state index contributed by atoms with van der Waals surface area (Å²) in [5, 5.41) is 23.1. The van der Waals surface area contributed by atoms with E-state index in [9.17, 15) is 15.0 Å². The molecule has 5 aliphatic rings. The maximum absolute atomic E-state index is 12.0. The number of allylic oxidation sites excluding steroid dienone is 1. The van der Waals surface area contributed by atoms with E-state index in [2.05, 4.69) is 4.99 Å². The number of piperidine rings is 1. The topological polar surface area (TPSA) is 103 Å². The molecule has 0 aromatic rings. The number of carboxylic acid groups (broad SMARTS) is 1. The molecule has 0 amide bonds. The highest BCUT2D eigenvalue weighted by Gasteiger charge is 2.75. The molecule has 4 N–H and O–H groups in total. The lowest BCUT2D eigenvalue weighted by Gasteiger charge is -2.61. The number of aliphatic hydroxyl groups excluding tert-OH is 1. The summed E-state index contributed by atoms with van der Waals surface area (Å²) in [4.78, 5) is 17.6. The largest absolute Gasteiger partial charge is 0.545 e. The molecule has 148 valence electrons. The molecule has 5 rings (SSSR count). The van der Waals surface area contributed by atoms with E-state index in [4.69, 9.17) is 5.73 Å². The number of hydrogen-bond donors (Lipinski definition) is 3. The van der Waals surface area contributed by atoms with E-state index in [1.54, 1.807) is 7.05 Å². The van der Waals surface area contributed by atoms with E-state index in [1.165, 1.54) is 17.7 Å². The van der Waals surface area contributed by atoms with E-state index in [0.29, 0.717) is 17.8 Å². The summed E-state index contributed by atoms with van der Waals surface area (Å²) in [6, 6.07) is 0. The Kier molecular flexibility index (Phi) is 3.80. The van der Waals surface area contributed by atoms with E-state index in [0.717, 1.165) is 57.2 Å². The first-order valence-electron chi connectivity index (χ1n) is 10.7. The van der Waals surface area contributed by atoms with Crippen LogP contribution < -0.4 is 15.7 Å². The van der Waals surface area contributed by atoms with Gasteiger partial charge in [0, 0.05) is 23.5 Å². The quantitative estimate of drug-likeness (QED) is 0.415. The van der Waals surface area contributed by atoms with Crippen LogP contribution >= 0.6 is 0 Å². The first-order chi connectivity index (χ1) is 13.0. The molecule has 0 radical (unpaired) electrons. The van der Waals surface area contributed by atoms with Crippen LogP contribution in [0.3, 0.4) is 0 Å². The molecule has 2 spiro atoms. The number of guanidine groups is 1. The number of nitrogens with zero attached hydrogens (tertiary/aromatic N) is 1.